The summed E-state index contributed by atoms with van der Waals surface area (Å²) in [5.41, 5.74) is 2.74. The minimum Gasteiger partial charge on any atom is -0.0683 e. The molecule has 4 rings (SSSR count). The Hall–Kier alpha value is -2.86. The van der Waals surface area contributed by atoms with E-state index in [1.165, 1.54) is 21.9 Å². The van der Waals surface area contributed by atoms with Crippen LogP contribution >= 0.6 is 0 Å². The molecule has 0 heterocycles. The molecule has 0 radical (unpaired) electrons. The number of rotatable bonds is 2. The lowest BCUT2D eigenvalue weighted by molar-refractivity contribution is 1.19. The van der Waals surface area contributed by atoms with Gasteiger partial charge < -0.3 is 0 Å². The van der Waals surface area contributed by atoms with E-state index in [1.54, 1.807) is 0 Å². The average Bonchev–Trinajstić information content (AvgIpc) is 3.05. The van der Waals surface area contributed by atoms with E-state index < -0.39 is 0 Å². The summed E-state index contributed by atoms with van der Waals surface area (Å²) in [6.45, 7) is 28.0. The van der Waals surface area contributed by atoms with Crippen LogP contribution in [0.5, 0.6) is 0 Å². The Labute approximate surface area is 234 Å². The van der Waals surface area contributed by atoms with E-state index in [0.717, 1.165) is 6.42 Å². The van der Waals surface area contributed by atoms with Crippen molar-refractivity contribution in [3.63, 3.8) is 0 Å². The van der Waals surface area contributed by atoms with Crippen LogP contribution in [0, 0.1) is 0 Å². The van der Waals surface area contributed by atoms with Crippen molar-refractivity contribution in [2.75, 3.05) is 0 Å². The van der Waals surface area contributed by atoms with E-state index >= 15 is 0 Å². The number of hydrogen-bond acceptors (Lipinski definition) is 0. The normalized spacial score (nSPS) is 7.30. The van der Waals surface area contributed by atoms with E-state index in [1.807, 2.05) is 96.9 Å². The second-order valence-corrected chi connectivity index (χ2v) is 5.50. The fourth-order valence-electron chi connectivity index (χ4n) is 2.56. The maximum absolute atomic E-state index is 2.16. The molecular formula is C37H62. The standard InChI is InChI=1S/C13H12.C10H8.7C2H6/c1-3-7-12(8-4-1)11-13-9-5-2-6-10-13;1-2-6-10-8-4-3-7-9(10)5-1;7*1-2/h1-10H,11H2;1-8H;7*1-2H3. The minimum absolute atomic E-state index is 1.03. The Morgan fingerprint density at radius 2 is 0.459 bits per heavy atom. The molecule has 0 aliphatic carbocycles. The molecule has 0 aromatic heterocycles. The number of hydrogen-bond donors (Lipinski definition) is 0. The SMILES string of the molecule is CC.CC.CC.CC.CC.CC.CC.c1ccc(Cc2ccccc2)cc1.c1ccc2ccccc2c1. The van der Waals surface area contributed by atoms with Crippen LogP contribution in [0.2, 0.25) is 0 Å². The maximum Gasteiger partial charge on any atom is -0.00258 e. The third kappa shape index (κ3) is 26.0. The Bertz CT molecular complexity index is 730. The van der Waals surface area contributed by atoms with Crippen molar-refractivity contribution in [3.8, 4) is 0 Å². The highest BCUT2D eigenvalue weighted by molar-refractivity contribution is 5.82. The van der Waals surface area contributed by atoms with Gasteiger partial charge in [-0.25, -0.2) is 0 Å². The number of fused-ring (bicyclic) bond motifs is 1. The minimum atomic E-state index is 1.03. The topological polar surface area (TPSA) is 0 Å². The Balaban J connectivity index is -0.000000127. The smallest absolute Gasteiger partial charge is 0.00258 e. The molecule has 0 bridgehead atoms. The molecule has 0 saturated heterocycles. The first-order valence-corrected chi connectivity index (χ1v) is 14.9. The van der Waals surface area contributed by atoms with Gasteiger partial charge in [-0.2, -0.15) is 0 Å². The highest BCUT2D eigenvalue weighted by atomic mass is 14.0. The summed E-state index contributed by atoms with van der Waals surface area (Å²) in [5, 5.41) is 2.62. The Kier molecular flexibility index (Phi) is 51.6. The van der Waals surface area contributed by atoms with Crippen LogP contribution in [0.3, 0.4) is 0 Å². The first kappa shape index (κ1) is 44.2. The van der Waals surface area contributed by atoms with Crippen molar-refractivity contribution in [2.45, 2.75) is 103 Å². The predicted molar refractivity (Wildman–Crippen MR) is 179 cm³/mol. The van der Waals surface area contributed by atoms with Gasteiger partial charge in [0.1, 0.15) is 0 Å². The van der Waals surface area contributed by atoms with Crippen LogP contribution in [0.1, 0.15) is 108 Å². The zero-order valence-electron chi connectivity index (χ0n) is 27.1. The molecule has 0 spiro atoms. The largest absolute Gasteiger partial charge is 0.0683 e. The lowest BCUT2D eigenvalue weighted by atomic mass is 10.1. The molecule has 0 aliphatic heterocycles. The lowest BCUT2D eigenvalue weighted by Crippen LogP contribution is -1.85. The lowest BCUT2D eigenvalue weighted by Gasteiger charge is -2.00. The van der Waals surface area contributed by atoms with Gasteiger partial charge in [-0.3, -0.25) is 0 Å². The van der Waals surface area contributed by atoms with Gasteiger partial charge in [0, 0.05) is 0 Å². The third-order valence-corrected chi connectivity index (χ3v) is 3.75. The van der Waals surface area contributed by atoms with Crippen LogP contribution in [0.4, 0.5) is 0 Å². The van der Waals surface area contributed by atoms with Crippen LogP contribution in [0.25, 0.3) is 10.8 Å². The van der Waals surface area contributed by atoms with Crippen molar-refractivity contribution in [2.24, 2.45) is 0 Å². The van der Waals surface area contributed by atoms with E-state index in [2.05, 4.69) is 109 Å². The molecule has 37 heavy (non-hydrogen) atoms. The summed E-state index contributed by atoms with van der Waals surface area (Å²) in [7, 11) is 0. The van der Waals surface area contributed by atoms with Crippen LogP contribution in [-0.4, -0.2) is 0 Å². The molecule has 0 saturated carbocycles. The van der Waals surface area contributed by atoms with E-state index in [9.17, 15) is 0 Å². The van der Waals surface area contributed by atoms with Crippen LogP contribution in [0.15, 0.2) is 109 Å². The Morgan fingerprint density at radius 3 is 0.676 bits per heavy atom. The van der Waals surface area contributed by atoms with Crippen molar-refractivity contribution < 1.29 is 0 Å². The quantitative estimate of drug-likeness (QED) is 0.253. The molecule has 0 nitrogen and oxygen atoms in total. The molecular weight excluding hydrogens is 444 g/mol. The first-order chi connectivity index (χ1) is 18.4. The van der Waals surface area contributed by atoms with Gasteiger partial charge in [0.2, 0.25) is 0 Å². The first-order valence-electron chi connectivity index (χ1n) is 14.9. The van der Waals surface area contributed by atoms with Crippen molar-refractivity contribution in [3.05, 3.63) is 120 Å². The van der Waals surface area contributed by atoms with Crippen LogP contribution in [-0.2, 0) is 6.42 Å². The fourth-order valence-corrected chi connectivity index (χ4v) is 2.56. The van der Waals surface area contributed by atoms with Gasteiger partial charge in [0.05, 0.1) is 0 Å². The van der Waals surface area contributed by atoms with Gasteiger partial charge in [0.25, 0.3) is 0 Å². The van der Waals surface area contributed by atoms with Gasteiger partial charge in [-0.15, -0.1) is 0 Å². The molecule has 4 aromatic rings. The van der Waals surface area contributed by atoms with E-state index in [0.29, 0.717) is 0 Å². The fraction of sp³-hybridized carbons (Fsp3) is 0.405. The summed E-state index contributed by atoms with van der Waals surface area (Å²) >= 11 is 0. The summed E-state index contributed by atoms with van der Waals surface area (Å²) < 4.78 is 0. The predicted octanol–water partition coefficient (Wildman–Crippen LogP) is 13.3. The second kappa shape index (κ2) is 43.2. The zero-order chi connectivity index (χ0) is 29.7. The highest BCUT2D eigenvalue weighted by Crippen LogP contribution is 2.11. The summed E-state index contributed by atoms with van der Waals surface area (Å²) in [5.74, 6) is 0. The molecule has 0 heteroatoms. The summed E-state index contributed by atoms with van der Waals surface area (Å²) in [6.07, 6.45) is 1.03. The number of benzene rings is 4. The van der Waals surface area contributed by atoms with Crippen molar-refractivity contribution >= 4 is 10.8 Å². The maximum atomic E-state index is 2.16. The Morgan fingerprint density at radius 1 is 0.270 bits per heavy atom. The van der Waals surface area contributed by atoms with Gasteiger partial charge in [0.15, 0.2) is 0 Å². The van der Waals surface area contributed by atoms with Gasteiger partial charge in [-0.1, -0.05) is 206 Å². The van der Waals surface area contributed by atoms with Crippen LogP contribution < -0.4 is 0 Å². The third-order valence-electron chi connectivity index (χ3n) is 3.75. The molecule has 0 amide bonds. The van der Waals surface area contributed by atoms with Gasteiger partial charge >= 0.3 is 0 Å². The molecule has 0 N–H and O–H groups in total. The molecule has 210 valence electrons. The second-order valence-electron chi connectivity index (χ2n) is 5.50. The van der Waals surface area contributed by atoms with Crippen molar-refractivity contribution in [1.29, 1.82) is 0 Å². The molecule has 4 aromatic carbocycles. The summed E-state index contributed by atoms with van der Waals surface area (Å²) in [4.78, 5) is 0. The van der Waals surface area contributed by atoms with E-state index in [4.69, 9.17) is 0 Å². The average molecular weight is 507 g/mol. The molecule has 0 unspecified atom stereocenters. The molecule has 0 aliphatic rings. The molecule has 0 fully saturated rings. The monoisotopic (exact) mass is 506 g/mol. The highest BCUT2D eigenvalue weighted by Gasteiger charge is 1.92. The van der Waals surface area contributed by atoms with Crippen molar-refractivity contribution in [1.82, 2.24) is 0 Å². The van der Waals surface area contributed by atoms with Gasteiger partial charge in [-0.05, 0) is 28.3 Å². The summed E-state index contributed by atoms with van der Waals surface area (Å²) in [6, 6.07) is 37.8. The zero-order valence-corrected chi connectivity index (χ0v) is 27.1. The molecule has 0 atom stereocenters. The van der Waals surface area contributed by atoms with E-state index in [-0.39, 0.29) is 0 Å².